The molecule has 0 aliphatic rings. The second kappa shape index (κ2) is 10.6. The van der Waals surface area contributed by atoms with E-state index in [1.807, 2.05) is 20.0 Å². The summed E-state index contributed by atoms with van der Waals surface area (Å²) in [4.78, 5) is 25.5. The molecule has 3 aromatic carbocycles. The fraction of sp³-hybridized carbons (Fsp3) is 0.200. The summed E-state index contributed by atoms with van der Waals surface area (Å²) in [6.07, 6.45) is 1.83. The number of hydrogen-bond acceptors (Lipinski definition) is 4. The molecule has 0 unspecified atom stereocenters. The minimum Gasteiger partial charge on any atom is -0.493 e. The number of anilines is 1. The SMILES string of the molecule is Bc1ccc(OCCCC)c(C(=O)Nc2cc(-c3ccccc3)c(F)cc2C(=O)OC)c1. The van der Waals surface area contributed by atoms with Crippen molar-refractivity contribution in [2.75, 3.05) is 19.0 Å². The highest BCUT2D eigenvalue weighted by molar-refractivity contribution is 6.33. The van der Waals surface area contributed by atoms with E-state index in [1.54, 1.807) is 36.4 Å². The lowest BCUT2D eigenvalue weighted by Crippen LogP contribution is -2.19. The first-order valence-electron chi connectivity index (χ1n) is 10.5. The second-order valence-corrected chi connectivity index (χ2v) is 7.39. The molecule has 0 saturated carbocycles. The van der Waals surface area contributed by atoms with Crippen molar-refractivity contribution in [3.05, 3.63) is 77.6 Å². The zero-order valence-corrected chi connectivity index (χ0v) is 18.4. The van der Waals surface area contributed by atoms with Crippen LogP contribution in [0.3, 0.4) is 0 Å². The van der Waals surface area contributed by atoms with Gasteiger partial charge in [-0.15, -0.1) is 0 Å². The maximum absolute atomic E-state index is 14.8. The molecular formula is C25H25BFNO4. The topological polar surface area (TPSA) is 64.6 Å². The van der Waals surface area contributed by atoms with Crippen molar-refractivity contribution in [2.45, 2.75) is 19.8 Å². The number of ether oxygens (including phenoxy) is 2. The van der Waals surface area contributed by atoms with Gasteiger partial charge in [-0.1, -0.05) is 61.3 Å². The van der Waals surface area contributed by atoms with Gasteiger partial charge in [0.15, 0.2) is 0 Å². The third-order valence-electron chi connectivity index (χ3n) is 4.98. The summed E-state index contributed by atoms with van der Waals surface area (Å²) in [5.41, 5.74) is 2.19. The highest BCUT2D eigenvalue weighted by Crippen LogP contribution is 2.30. The molecule has 1 N–H and O–H groups in total. The Hall–Kier alpha value is -3.61. The number of carbonyl (C=O) groups excluding carboxylic acids is 2. The van der Waals surface area contributed by atoms with Crippen molar-refractivity contribution >= 4 is 30.9 Å². The van der Waals surface area contributed by atoms with Gasteiger partial charge in [0.05, 0.1) is 30.5 Å². The molecule has 0 bridgehead atoms. The van der Waals surface area contributed by atoms with Crippen LogP contribution in [0, 0.1) is 5.82 Å². The minimum absolute atomic E-state index is 0.0702. The van der Waals surface area contributed by atoms with Crippen LogP contribution in [0.4, 0.5) is 10.1 Å². The highest BCUT2D eigenvalue weighted by Gasteiger charge is 2.21. The Kier molecular flexibility index (Phi) is 7.65. The molecule has 3 aromatic rings. The molecule has 0 aliphatic carbocycles. The van der Waals surface area contributed by atoms with Gasteiger partial charge in [-0.2, -0.15) is 0 Å². The molecule has 164 valence electrons. The van der Waals surface area contributed by atoms with Crippen LogP contribution in [-0.4, -0.2) is 33.4 Å². The van der Waals surface area contributed by atoms with Gasteiger partial charge in [-0.25, -0.2) is 9.18 Å². The van der Waals surface area contributed by atoms with E-state index in [0.29, 0.717) is 23.5 Å². The fourth-order valence-electron chi connectivity index (χ4n) is 3.26. The average molecular weight is 433 g/mol. The summed E-state index contributed by atoms with van der Waals surface area (Å²) < 4.78 is 25.4. The van der Waals surface area contributed by atoms with Gasteiger partial charge in [0.1, 0.15) is 19.4 Å². The monoisotopic (exact) mass is 433 g/mol. The number of carbonyl (C=O) groups is 2. The van der Waals surface area contributed by atoms with E-state index in [0.717, 1.165) is 24.4 Å². The van der Waals surface area contributed by atoms with Crippen LogP contribution in [0.15, 0.2) is 60.7 Å². The van der Waals surface area contributed by atoms with Crippen LogP contribution in [0.1, 0.15) is 40.5 Å². The van der Waals surface area contributed by atoms with E-state index in [1.165, 1.54) is 13.2 Å². The lowest BCUT2D eigenvalue weighted by Gasteiger charge is -2.15. The number of halogens is 1. The molecule has 7 heteroatoms. The van der Waals surface area contributed by atoms with E-state index in [9.17, 15) is 14.0 Å². The van der Waals surface area contributed by atoms with Gasteiger partial charge in [-0.05, 0) is 30.2 Å². The number of hydrogen-bond donors (Lipinski definition) is 1. The molecule has 32 heavy (non-hydrogen) atoms. The number of esters is 1. The third kappa shape index (κ3) is 5.35. The summed E-state index contributed by atoms with van der Waals surface area (Å²) in [7, 11) is 3.08. The Morgan fingerprint density at radius 2 is 1.78 bits per heavy atom. The lowest BCUT2D eigenvalue weighted by atomic mass is 9.93. The summed E-state index contributed by atoms with van der Waals surface area (Å²) in [5, 5.41) is 2.75. The smallest absolute Gasteiger partial charge is 0.340 e. The third-order valence-corrected chi connectivity index (χ3v) is 4.98. The van der Waals surface area contributed by atoms with Crippen molar-refractivity contribution in [1.82, 2.24) is 0 Å². The van der Waals surface area contributed by atoms with E-state index < -0.39 is 17.7 Å². The van der Waals surface area contributed by atoms with Crippen molar-refractivity contribution in [3.8, 4) is 16.9 Å². The maximum atomic E-state index is 14.8. The van der Waals surface area contributed by atoms with E-state index in [4.69, 9.17) is 9.47 Å². The van der Waals surface area contributed by atoms with Gasteiger partial charge in [0.2, 0.25) is 0 Å². The maximum Gasteiger partial charge on any atom is 0.340 e. The van der Waals surface area contributed by atoms with Crippen molar-refractivity contribution in [3.63, 3.8) is 0 Å². The van der Waals surface area contributed by atoms with Crippen molar-refractivity contribution in [2.24, 2.45) is 0 Å². The minimum atomic E-state index is -0.748. The molecule has 0 saturated heterocycles. The number of benzene rings is 3. The summed E-state index contributed by atoms with van der Waals surface area (Å²) in [5.74, 6) is -1.35. The van der Waals surface area contributed by atoms with Gasteiger partial charge >= 0.3 is 5.97 Å². The quantitative estimate of drug-likeness (QED) is 0.332. The van der Waals surface area contributed by atoms with Gasteiger partial charge in [0.25, 0.3) is 5.91 Å². The van der Waals surface area contributed by atoms with Crippen LogP contribution >= 0.6 is 0 Å². The van der Waals surface area contributed by atoms with Crippen molar-refractivity contribution in [1.29, 1.82) is 0 Å². The molecule has 0 aromatic heterocycles. The number of methoxy groups -OCH3 is 1. The van der Waals surface area contributed by atoms with Crippen LogP contribution in [0.25, 0.3) is 11.1 Å². The first-order valence-corrected chi connectivity index (χ1v) is 10.5. The summed E-state index contributed by atoms with van der Waals surface area (Å²) in [6.45, 7) is 2.54. The predicted molar refractivity (Wildman–Crippen MR) is 126 cm³/mol. The Morgan fingerprint density at radius 1 is 1.03 bits per heavy atom. The molecule has 0 spiro atoms. The first-order chi connectivity index (χ1) is 15.4. The molecule has 3 rings (SSSR count). The zero-order chi connectivity index (χ0) is 23.1. The van der Waals surface area contributed by atoms with E-state index in [-0.39, 0.29) is 16.8 Å². The number of nitrogens with one attached hydrogen (secondary N) is 1. The van der Waals surface area contributed by atoms with Crippen LogP contribution in [0.2, 0.25) is 0 Å². The molecule has 1 amide bonds. The van der Waals surface area contributed by atoms with Gasteiger partial charge < -0.3 is 14.8 Å². The molecule has 0 fully saturated rings. The van der Waals surface area contributed by atoms with Gasteiger partial charge in [-0.3, -0.25) is 4.79 Å². The molecule has 5 nitrogen and oxygen atoms in total. The molecule has 0 heterocycles. The zero-order valence-electron chi connectivity index (χ0n) is 18.4. The average Bonchev–Trinajstić information content (AvgIpc) is 2.81. The molecule has 0 aliphatic heterocycles. The number of unbranched alkanes of at least 4 members (excludes halogenated alkanes) is 1. The predicted octanol–water partition coefficient (Wildman–Crippen LogP) is 3.97. The van der Waals surface area contributed by atoms with Crippen LogP contribution < -0.4 is 15.5 Å². The number of rotatable bonds is 8. The largest absolute Gasteiger partial charge is 0.493 e. The normalized spacial score (nSPS) is 10.5. The van der Waals surface area contributed by atoms with Crippen LogP contribution in [0.5, 0.6) is 5.75 Å². The standard InChI is InChI=1S/C25H25BFNO4/c1-3-4-12-32-23-11-10-17(26)13-20(23)24(29)28-22-15-18(16-8-6-5-7-9-16)21(27)14-19(22)25(30)31-2/h5-11,13-15H,3-4,12,26H2,1-2H3,(H,28,29). The molecule has 0 radical (unpaired) electrons. The molecular weight excluding hydrogens is 408 g/mol. The fourth-order valence-corrected chi connectivity index (χ4v) is 3.26. The highest BCUT2D eigenvalue weighted by atomic mass is 19.1. The first kappa shape index (κ1) is 23.1. The van der Waals surface area contributed by atoms with E-state index in [2.05, 4.69) is 12.2 Å². The summed E-state index contributed by atoms with van der Waals surface area (Å²) >= 11 is 0. The van der Waals surface area contributed by atoms with Crippen LogP contribution in [-0.2, 0) is 4.74 Å². The summed E-state index contributed by atoms with van der Waals surface area (Å²) in [6, 6.07) is 16.8. The van der Waals surface area contributed by atoms with Gasteiger partial charge in [0, 0.05) is 5.56 Å². The van der Waals surface area contributed by atoms with Crippen molar-refractivity contribution < 1.29 is 23.5 Å². The second-order valence-electron chi connectivity index (χ2n) is 7.39. The van der Waals surface area contributed by atoms with E-state index >= 15 is 0 Å². The molecule has 0 atom stereocenters. The Labute approximate surface area is 188 Å². The Morgan fingerprint density at radius 3 is 2.47 bits per heavy atom. The Bertz CT molecular complexity index is 1120. The number of amides is 1. The lowest BCUT2D eigenvalue weighted by molar-refractivity contribution is 0.0601. The Balaban J connectivity index is 2.01.